The van der Waals surface area contributed by atoms with Gasteiger partial charge in [-0.15, -0.1) is 0 Å². The smallest absolute Gasteiger partial charge is 0.441 e. The van der Waals surface area contributed by atoms with Crippen molar-refractivity contribution < 1.29 is 42.9 Å². The molecule has 42 heavy (non-hydrogen) atoms. The zero-order valence-corrected chi connectivity index (χ0v) is 26.6. The van der Waals surface area contributed by atoms with E-state index in [-0.39, 0.29) is 19.0 Å². The number of hydrogen-bond acceptors (Lipinski definition) is 10. The molecule has 0 aromatic rings. The average molecular weight is 597 g/mol. The molecule has 2 aliphatic heterocycles. The molecule has 2 heterocycles. The molecule has 0 aromatic heterocycles. The molecule has 0 aromatic carbocycles. The number of hydrazone groups is 1. The van der Waals surface area contributed by atoms with Crippen LogP contribution < -0.4 is 0 Å². The van der Waals surface area contributed by atoms with Crippen LogP contribution in [0.4, 0.5) is 14.4 Å². The zero-order chi connectivity index (χ0) is 31.9. The van der Waals surface area contributed by atoms with Crippen molar-refractivity contribution in [1.29, 1.82) is 0 Å². The van der Waals surface area contributed by atoms with Gasteiger partial charge in [-0.05, 0) is 81.6 Å². The second-order valence-electron chi connectivity index (χ2n) is 13.7. The summed E-state index contributed by atoms with van der Waals surface area (Å²) in [5.74, 6) is -0.489. The lowest BCUT2D eigenvalue weighted by Gasteiger charge is -2.37. The van der Waals surface area contributed by atoms with E-state index < -0.39 is 46.7 Å². The van der Waals surface area contributed by atoms with Gasteiger partial charge in [0.15, 0.2) is 0 Å². The van der Waals surface area contributed by atoms with Crippen molar-refractivity contribution in [2.45, 2.75) is 123 Å². The van der Waals surface area contributed by atoms with E-state index in [2.05, 4.69) is 5.10 Å². The Labute approximate surface area is 248 Å². The minimum atomic E-state index is -0.938. The highest BCUT2D eigenvalue weighted by molar-refractivity contribution is 5.88. The molecule has 4 amide bonds. The van der Waals surface area contributed by atoms with Crippen LogP contribution in [0.25, 0.3) is 0 Å². The minimum Gasteiger partial charge on any atom is -0.459 e. The predicted octanol–water partition coefficient (Wildman–Crippen LogP) is 4.86. The summed E-state index contributed by atoms with van der Waals surface area (Å²) in [4.78, 5) is 65.4. The number of amides is 4. The maximum absolute atomic E-state index is 12.8. The summed E-state index contributed by atoms with van der Waals surface area (Å²) in [7, 11) is 0. The SMILES string of the molecule is CC(C)(C)OC(=O)CN1CC2(CCN(C(=O)CCCCC=NN(C(=O)OC(C)(C)C)C(=O)OC(C)(C)C)CC2)OC1=O. The fraction of sp³-hybridized carbons (Fsp3) is 0.793. The number of rotatable bonds is 8. The van der Waals surface area contributed by atoms with Crippen LogP contribution in [0.5, 0.6) is 0 Å². The Hall–Kier alpha value is -3.38. The molecule has 0 unspecified atom stereocenters. The quantitative estimate of drug-likeness (QED) is 0.126. The van der Waals surface area contributed by atoms with Crippen LogP contribution in [0.15, 0.2) is 5.10 Å². The Morgan fingerprint density at radius 3 is 1.90 bits per heavy atom. The molecule has 2 rings (SSSR count). The lowest BCUT2D eigenvalue weighted by atomic mass is 9.91. The molecule has 13 nitrogen and oxygen atoms in total. The van der Waals surface area contributed by atoms with E-state index in [9.17, 15) is 24.0 Å². The number of ether oxygens (including phenoxy) is 4. The second-order valence-corrected chi connectivity index (χ2v) is 13.7. The number of carbonyl (C=O) groups is 5. The van der Waals surface area contributed by atoms with E-state index in [1.54, 1.807) is 67.2 Å². The van der Waals surface area contributed by atoms with E-state index in [1.165, 1.54) is 11.1 Å². The number of hydrogen-bond donors (Lipinski definition) is 0. The minimum absolute atomic E-state index is 0.000796. The van der Waals surface area contributed by atoms with Crippen molar-refractivity contribution >= 4 is 36.4 Å². The largest absolute Gasteiger partial charge is 0.459 e. The number of unbranched alkanes of at least 4 members (excludes halogenated alkanes) is 2. The molecule has 0 radical (unpaired) electrons. The number of carbonyl (C=O) groups excluding carboxylic acids is 5. The van der Waals surface area contributed by atoms with Crippen molar-refractivity contribution in [2.75, 3.05) is 26.2 Å². The number of imide groups is 1. The van der Waals surface area contributed by atoms with Crippen LogP contribution in [0.1, 0.15) is 101 Å². The normalized spacial score (nSPS) is 17.3. The van der Waals surface area contributed by atoms with E-state index in [0.717, 1.165) is 0 Å². The standard InChI is InChI=1S/C29H48N4O9/c1-26(2,3)39-22(35)19-32-20-29(42-23(32)36)14-17-31(18-15-29)21(34)13-11-10-12-16-30-33(24(37)40-27(4,5)6)25(38)41-28(7,8)9/h16H,10-15,17-20H2,1-9H3. The topological polar surface area (TPSA) is 144 Å². The van der Waals surface area contributed by atoms with Gasteiger partial charge >= 0.3 is 24.2 Å². The highest BCUT2D eigenvalue weighted by Gasteiger charge is 2.48. The van der Waals surface area contributed by atoms with Gasteiger partial charge in [0.1, 0.15) is 28.9 Å². The van der Waals surface area contributed by atoms with Crippen molar-refractivity contribution in [3.8, 4) is 0 Å². The number of likely N-dealkylation sites (tertiary alicyclic amines) is 1. The molecule has 0 bridgehead atoms. The van der Waals surface area contributed by atoms with Gasteiger partial charge in [0, 0.05) is 38.6 Å². The van der Waals surface area contributed by atoms with Crippen LogP contribution in [0, 0.1) is 0 Å². The molecular formula is C29H48N4O9. The predicted molar refractivity (Wildman–Crippen MR) is 154 cm³/mol. The van der Waals surface area contributed by atoms with Gasteiger partial charge in [0.05, 0.1) is 6.54 Å². The number of nitrogens with zero attached hydrogens (tertiary/aromatic N) is 4. The molecule has 13 heteroatoms. The Kier molecular flexibility index (Phi) is 11.4. The van der Waals surface area contributed by atoms with Crippen molar-refractivity contribution in [3.05, 3.63) is 0 Å². The first-order valence-corrected chi connectivity index (χ1v) is 14.4. The van der Waals surface area contributed by atoms with Gasteiger partial charge in [-0.25, -0.2) is 14.4 Å². The van der Waals surface area contributed by atoms with Gasteiger partial charge < -0.3 is 23.8 Å². The van der Waals surface area contributed by atoms with Gasteiger partial charge in [0.2, 0.25) is 5.91 Å². The fourth-order valence-corrected chi connectivity index (χ4v) is 4.36. The van der Waals surface area contributed by atoms with E-state index in [0.29, 0.717) is 56.6 Å². The molecule has 0 N–H and O–H groups in total. The number of esters is 1. The van der Waals surface area contributed by atoms with E-state index in [4.69, 9.17) is 18.9 Å². The summed E-state index contributed by atoms with van der Waals surface area (Å²) in [6.45, 7) is 16.4. The number of piperidine rings is 1. The van der Waals surface area contributed by atoms with Crippen LogP contribution in [-0.4, -0.2) is 99.8 Å². The Bertz CT molecular complexity index is 1000. The Morgan fingerprint density at radius 1 is 0.881 bits per heavy atom. The molecule has 2 aliphatic rings. The van der Waals surface area contributed by atoms with Crippen LogP contribution in [-0.2, 0) is 28.5 Å². The van der Waals surface area contributed by atoms with Gasteiger partial charge in [-0.1, -0.05) is 5.01 Å². The molecule has 238 valence electrons. The lowest BCUT2D eigenvalue weighted by Crippen LogP contribution is -2.49. The Morgan fingerprint density at radius 2 is 1.40 bits per heavy atom. The molecule has 0 saturated carbocycles. The van der Waals surface area contributed by atoms with Crippen molar-refractivity contribution in [3.63, 3.8) is 0 Å². The maximum Gasteiger partial charge on any atom is 0.441 e. The first-order valence-electron chi connectivity index (χ1n) is 14.4. The highest BCUT2D eigenvalue weighted by atomic mass is 16.6. The third-order valence-corrected chi connectivity index (χ3v) is 6.11. The summed E-state index contributed by atoms with van der Waals surface area (Å²) in [5.41, 5.74) is -2.99. The molecule has 1 spiro atoms. The third kappa shape index (κ3) is 11.8. The third-order valence-electron chi connectivity index (χ3n) is 6.11. The first-order chi connectivity index (χ1) is 19.2. The second kappa shape index (κ2) is 13.7. The average Bonchev–Trinajstić information content (AvgIpc) is 3.08. The van der Waals surface area contributed by atoms with Gasteiger partial charge in [0.25, 0.3) is 0 Å². The van der Waals surface area contributed by atoms with Crippen LogP contribution in [0.2, 0.25) is 0 Å². The fourth-order valence-electron chi connectivity index (χ4n) is 4.36. The van der Waals surface area contributed by atoms with Gasteiger partial charge in [-0.3, -0.25) is 14.5 Å². The van der Waals surface area contributed by atoms with Crippen molar-refractivity contribution in [2.24, 2.45) is 5.10 Å². The van der Waals surface area contributed by atoms with Gasteiger partial charge in [-0.2, -0.15) is 5.10 Å². The van der Waals surface area contributed by atoms with E-state index >= 15 is 0 Å². The zero-order valence-electron chi connectivity index (χ0n) is 26.6. The summed E-state index contributed by atoms with van der Waals surface area (Å²) in [5, 5.41) is 4.54. The summed E-state index contributed by atoms with van der Waals surface area (Å²) >= 11 is 0. The molecular weight excluding hydrogens is 548 g/mol. The molecule has 2 fully saturated rings. The van der Waals surface area contributed by atoms with Crippen LogP contribution in [0.3, 0.4) is 0 Å². The molecule has 0 atom stereocenters. The summed E-state index contributed by atoms with van der Waals surface area (Å²) in [6, 6.07) is 0. The lowest BCUT2D eigenvalue weighted by molar-refractivity contribution is -0.155. The first kappa shape index (κ1) is 34.8. The summed E-state index contributed by atoms with van der Waals surface area (Å²) in [6.07, 6.45) is 1.96. The molecule has 0 aliphatic carbocycles. The molecule has 2 saturated heterocycles. The Balaban J connectivity index is 1.78. The van der Waals surface area contributed by atoms with Crippen LogP contribution >= 0.6 is 0 Å². The van der Waals surface area contributed by atoms with Crippen molar-refractivity contribution in [1.82, 2.24) is 14.8 Å². The monoisotopic (exact) mass is 596 g/mol. The highest BCUT2D eigenvalue weighted by Crippen LogP contribution is 2.33. The summed E-state index contributed by atoms with van der Waals surface area (Å²) < 4.78 is 21.5. The maximum atomic E-state index is 12.8. The van der Waals surface area contributed by atoms with E-state index in [1.807, 2.05) is 0 Å².